The molecule has 0 aliphatic carbocycles. The van der Waals surface area contributed by atoms with Gasteiger partial charge in [0.1, 0.15) is 0 Å². The van der Waals surface area contributed by atoms with Crippen LogP contribution >= 0.6 is 15.9 Å². The van der Waals surface area contributed by atoms with Gasteiger partial charge in [-0.1, -0.05) is 0 Å². The van der Waals surface area contributed by atoms with Crippen LogP contribution in [0, 0.1) is 0 Å². The minimum Gasteiger partial charge on any atom is -0.351 e. The summed E-state index contributed by atoms with van der Waals surface area (Å²) in [7, 11) is -3.71. The smallest absolute Gasteiger partial charge is 0.252 e. The minimum absolute atomic E-state index is 0.0664. The second-order valence-electron chi connectivity index (χ2n) is 8.18. The molecule has 1 rings (SSSR count). The Hall–Kier alpha value is -0.960. The third-order valence-corrected chi connectivity index (χ3v) is 6.36. The summed E-state index contributed by atoms with van der Waals surface area (Å²) >= 11 is 3.34. The lowest BCUT2D eigenvalue weighted by atomic mass is 10.1. The van der Waals surface area contributed by atoms with Gasteiger partial charge in [0.15, 0.2) is 0 Å². The van der Waals surface area contributed by atoms with Crippen molar-refractivity contribution in [2.75, 3.05) is 13.1 Å². The van der Waals surface area contributed by atoms with Gasteiger partial charge in [-0.15, -0.1) is 0 Å². The molecule has 0 fully saturated rings. The lowest BCUT2D eigenvalue weighted by Crippen LogP contribution is -2.42. The Labute approximate surface area is 172 Å². The third kappa shape index (κ3) is 7.52. The highest BCUT2D eigenvalue weighted by Crippen LogP contribution is 2.22. The number of carbonyl (C=O) groups excluding carboxylic acids is 1. The molecule has 6 nitrogen and oxygen atoms in total. The molecule has 0 unspecified atom stereocenters. The van der Waals surface area contributed by atoms with Gasteiger partial charge < -0.3 is 5.32 Å². The van der Waals surface area contributed by atoms with Crippen molar-refractivity contribution >= 4 is 31.9 Å². The van der Waals surface area contributed by atoms with E-state index in [0.29, 0.717) is 28.7 Å². The highest BCUT2D eigenvalue weighted by atomic mass is 79.9. The van der Waals surface area contributed by atoms with Gasteiger partial charge >= 0.3 is 0 Å². The molecule has 8 heteroatoms. The molecule has 0 saturated heterocycles. The predicted molar refractivity (Wildman–Crippen MR) is 114 cm³/mol. The van der Waals surface area contributed by atoms with Crippen LogP contribution in [0.2, 0.25) is 0 Å². The van der Waals surface area contributed by atoms with Crippen molar-refractivity contribution in [1.29, 1.82) is 0 Å². The summed E-state index contributed by atoms with van der Waals surface area (Å²) in [6, 6.07) is 5.22. The van der Waals surface area contributed by atoms with E-state index in [1.54, 1.807) is 26.8 Å². The quantitative estimate of drug-likeness (QED) is 0.621. The number of carbonyl (C=O) groups is 1. The van der Waals surface area contributed by atoms with Gasteiger partial charge in [0.25, 0.3) is 5.91 Å². The Morgan fingerprint density at radius 3 is 2.19 bits per heavy atom. The first-order valence-electron chi connectivity index (χ1n) is 9.12. The molecule has 0 saturated carbocycles. The van der Waals surface area contributed by atoms with E-state index in [1.165, 1.54) is 12.1 Å². The van der Waals surface area contributed by atoms with Crippen molar-refractivity contribution in [3.63, 3.8) is 0 Å². The highest BCUT2D eigenvalue weighted by molar-refractivity contribution is 9.10. The van der Waals surface area contributed by atoms with E-state index in [-0.39, 0.29) is 10.8 Å². The fourth-order valence-corrected chi connectivity index (χ4v) is 4.68. The second-order valence-corrected chi connectivity index (χ2v) is 10.7. The molecule has 27 heavy (non-hydrogen) atoms. The van der Waals surface area contributed by atoms with Gasteiger partial charge in [-0.3, -0.25) is 9.69 Å². The van der Waals surface area contributed by atoms with Crippen LogP contribution in [0.5, 0.6) is 0 Å². The molecule has 0 radical (unpaired) electrons. The van der Waals surface area contributed by atoms with E-state index in [0.717, 1.165) is 6.54 Å². The number of nitrogens with one attached hydrogen (secondary N) is 2. The number of hydrogen-bond acceptors (Lipinski definition) is 4. The van der Waals surface area contributed by atoms with Crippen molar-refractivity contribution in [3.05, 3.63) is 28.2 Å². The van der Waals surface area contributed by atoms with Crippen LogP contribution < -0.4 is 10.0 Å². The number of hydrogen-bond donors (Lipinski definition) is 2. The van der Waals surface area contributed by atoms with E-state index in [9.17, 15) is 13.2 Å². The normalized spacial score (nSPS) is 12.9. The first-order valence-corrected chi connectivity index (χ1v) is 11.4. The number of amides is 1. The summed E-state index contributed by atoms with van der Waals surface area (Å²) in [6.07, 6.45) is 0. The summed E-state index contributed by atoms with van der Waals surface area (Å²) in [5.74, 6) is -0.304. The summed E-state index contributed by atoms with van der Waals surface area (Å²) in [5.41, 5.74) is -0.307. The van der Waals surface area contributed by atoms with Gasteiger partial charge in [0.2, 0.25) is 10.0 Å². The van der Waals surface area contributed by atoms with Crippen molar-refractivity contribution in [3.8, 4) is 0 Å². The zero-order valence-electron chi connectivity index (χ0n) is 17.3. The van der Waals surface area contributed by atoms with Crippen LogP contribution in [0.15, 0.2) is 27.6 Å². The minimum atomic E-state index is -3.71. The summed E-state index contributed by atoms with van der Waals surface area (Å²) in [5, 5.41) is 2.88. The van der Waals surface area contributed by atoms with Crippen molar-refractivity contribution in [1.82, 2.24) is 14.9 Å². The van der Waals surface area contributed by atoms with Gasteiger partial charge in [-0.05, 0) is 82.6 Å². The molecule has 0 atom stereocenters. The Morgan fingerprint density at radius 2 is 1.70 bits per heavy atom. The molecule has 1 aromatic carbocycles. The fraction of sp³-hybridized carbons (Fsp3) is 0.632. The van der Waals surface area contributed by atoms with Gasteiger partial charge in [-0.2, -0.15) is 0 Å². The van der Waals surface area contributed by atoms with Crippen LogP contribution in [-0.2, 0) is 10.0 Å². The third-order valence-electron chi connectivity index (χ3n) is 3.92. The van der Waals surface area contributed by atoms with Crippen LogP contribution in [0.25, 0.3) is 0 Å². The van der Waals surface area contributed by atoms with Crippen LogP contribution in [0.3, 0.4) is 0 Å². The lowest BCUT2D eigenvalue weighted by Gasteiger charge is -2.30. The van der Waals surface area contributed by atoms with Crippen molar-refractivity contribution in [2.45, 2.75) is 71.0 Å². The molecule has 0 bridgehead atoms. The number of nitrogens with zero attached hydrogens (tertiary/aromatic N) is 1. The largest absolute Gasteiger partial charge is 0.351 e. The molecule has 0 aliphatic rings. The highest BCUT2D eigenvalue weighted by Gasteiger charge is 2.24. The molecular formula is C19H32BrN3O3S. The Morgan fingerprint density at radius 1 is 1.15 bits per heavy atom. The molecule has 0 heterocycles. The number of sulfonamides is 1. The Bertz CT molecular complexity index is 748. The molecule has 0 spiro atoms. The molecule has 2 N–H and O–H groups in total. The first kappa shape index (κ1) is 24.1. The van der Waals surface area contributed by atoms with Crippen molar-refractivity contribution < 1.29 is 13.2 Å². The number of benzene rings is 1. The molecular weight excluding hydrogens is 430 g/mol. The van der Waals surface area contributed by atoms with E-state index < -0.39 is 15.6 Å². The zero-order valence-corrected chi connectivity index (χ0v) is 19.7. The summed E-state index contributed by atoms with van der Waals surface area (Å²) in [6.45, 7) is 15.0. The monoisotopic (exact) mass is 461 g/mol. The first-order chi connectivity index (χ1) is 12.2. The van der Waals surface area contributed by atoms with Crippen LogP contribution in [-0.4, -0.2) is 49.9 Å². The summed E-state index contributed by atoms with van der Waals surface area (Å²) in [4.78, 5) is 14.9. The Balaban J connectivity index is 2.92. The topological polar surface area (TPSA) is 78.5 Å². The molecule has 154 valence electrons. The van der Waals surface area contributed by atoms with E-state index in [1.807, 2.05) is 0 Å². The molecule has 0 aliphatic heterocycles. The summed E-state index contributed by atoms with van der Waals surface area (Å²) < 4.78 is 28.2. The maximum absolute atomic E-state index is 12.6. The van der Waals surface area contributed by atoms with Crippen LogP contribution in [0.4, 0.5) is 0 Å². The maximum Gasteiger partial charge on any atom is 0.252 e. The lowest BCUT2D eigenvalue weighted by molar-refractivity contribution is 0.0938. The fourth-order valence-electron chi connectivity index (χ4n) is 2.81. The number of halogens is 1. The van der Waals surface area contributed by atoms with Crippen LogP contribution in [0.1, 0.15) is 58.8 Å². The number of rotatable bonds is 8. The average molecular weight is 462 g/mol. The predicted octanol–water partition coefficient (Wildman–Crippen LogP) is 3.37. The molecule has 1 amide bonds. The SMILES string of the molecule is CC(C)N(CCNC(=O)c1cc(S(=O)(=O)NC(C)(C)C)ccc1Br)C(C)C. The maximum atomic E-state index is 12.6. The van der Waals surface area contributed by atoms with E-state index in [4.69, 9.17) is 0 Å². The van der Waals surface area contributed by atoms with E-state index in [2.05, 4.69) is 58.6 Å². The standard InChI is InChI=1S/C19H32BrN3O3S/c1-13(2)23(14(3)4)11-10-21-18(24)16-12-15(8-9-17(16)20)27(25,26)22-19(5,6)7/h8-9,12-14,22H,10-11H2,1-7H3,(H,21,24). The van der Waals surface area contributed by atoms with Gasteiger partial charge in [-0.25, -0.2) is 13.1 Å². The molecule has 1 aromatic rings. The molecule has 0 aromatic heterocycles. The second kappa shape index (κ2) is 9.49. The van der Waals surface area contributed by atoms with E-state index >= 15 is 0 Å². The van der Waals surface area contributed by atoms with Gasteiger partial charge in [0, 0.05) is 35.2 Å². The Kier molecular flexibility index (Phi) is 8.47. The average Bonchev–Trinajstić information content (AvgIpc) is 2.48. The van der Waals surface area contributed by atoms with Gasteiger partial charge in [0.05, 0.1) is 10.5 Å². The zero-order chi connectivity index (χ0) is 21.0. The van der Waals surface area contributed by atoms with Crippen molar-refractivity contribution in [2.24, 2.45) is 0 Å².